The molecule has 1 N–H and O–H groups in total. The molecule has 0 aromatic rings. The van der Waals surface area contributed by atoms with E-state index in [4.69, 9.17) is 9.47 Å². The number of nitrogens with one attached hydrogen (secondary N) is 1. The molecular formula is C15H28N2O4. The van der Waals surface area contributed by atoms with Gasteiger partial charge >= 0.3 is 12.2 Å². The zero-order chi connectivity index (χ0) is 16.8. The zero-order valence-electron chi connectivity index (χ0n) is 14.4. The van der Waals surface area contributed by atoms with Crippen molar-refractivity contribution in [3.63, 3.8) is 0 Å². The van der Waals surface area contributed by atoms with Crippen LogP contribution >= 0.6 is 0 Å². The molecule has 0 radical (unpaired) electrons. The standard InChI is InChI=1S/C15H28N2O4/c1-9-10(2)11(16-12(18)20-14(3,4)5)17-13(19)21-15(6,7)8/h10H,9H2,1-8H3,(H,16,17,18,19)/t10-/m1/s1. The van der Waals surface area contributed by atoms with Gasteiger partial charge in [-0.05, 0) is 48.0 Å². The number of hydrogen-bond acceptors (Lipinski definition) is 4. The second-order valence-corrected chi connectivity index (χ2v) is 6.91. The summed E-state index contributed by atoms with van der Waals surface area (Å²) < 4.78 is 10.3. The first-order valence-electron chi connectivity index (χ1n) is 7.15. The van der Waals surface area contributed by atoms with E-state index in [-0.39, 0.29) is 11.8 Å². The van der Waals surface area contributed by atoms with Crippen LogP contribution in [0.2, 0.25) is 0 Å². The summed E-state index contributed by atoms with van der Waals surface area (Å²) in [6, 6.07) is 0. The first-order valence-corrected chi connectivity index (χ1v) is 7.15. The van der Waals surface area contributed by atoms with Gasteiger partial charge < -0.3 is 9.47 Å². The van der Waals surface area contributed by atoms with Crippen LogP contribution in [0.4, 0.5) is 9.59 Å². The highest BCUT2D eigenvalue weighted by molar-refractivity contribution is 6.01. The lowest BCUT2D eigenvalue weighted by Crippen LogP contribution is -2.39. The lowest BCUT2D eigenvalue weighted by Gasteiger charge is -2.22. The number of hydrogen-bond donors (Lipinski definition) is 1. The summed E-state index contributed by atoms with van der Waals surface area (Å²) >= 11 is 0. The maximum atomic E-state index is 11.8. The van der Waals surface area contributed by atoms with Gasteiger partial charge in [0.1, 0.15) is 17.0 Å². The van der Waals surface area contributed by atoms with Gasteiger partial charge in [-0.2, -0.15) is 4.99 Å². The third-order valence-corrected chi connectivity index (χ3v) is 2.31. The molecule has 6 nitrogen and oxygen atoms in total. The van der Waals surface area contributed by atoms with Gasteiger partial charge in [-0.25, -0.2) is 9.59 Å². The molecule has 0 saturated carbocycles. The number of amides is 2. The van der Waals surface area contributed by atoms with Gasteiger partial charge in [0.2, 0.25) is 0 Å². The molecule has 0 bridgehead atoms. The van der Waals surface area contributed by atoms with Gasteiger partial charge in [-0.3, -0.25) is 5.32 Å². The van der Waals surface area contributed by atoms with Crippen LogP contribution in [0.15, 0.2) is 4.99 Å². The highest BCUT2D eigenvalue weighted by Gasteiger charge is 2.22. The molecule has 0 saturated heterocycles. The summed E-state index contributed by atoms with van der Waals surface area (Å²) in [4.78, 5) is 27.4. The molecule has 0 aromatic heterocycles. The first-order chi connectivity index (χ1) is 9.34. The fraction of sp³-hybridized carbons (Fsp3) is 0.800. The van der Waals surface area contributed by atoms with Crippen LogP contribution in [-0.2, 0) is 9.47 Å². The summed E-state index contributed by atoms with van der Waals surface area (Å²) in [5.41, 5.74) is -1.25. The van der Waals surface area contributed by atoms with Crippen molar-refractivity contribution in [1.29, 1.82) is 0 Å². The van der Waals surface area contributed by atoms with Crippen LogP contribution in [-0.4, -0.2) is 29.2 Å². The van der Waals surface area contributed by atoms with Gasteiger partial charge in [0, 0.05) is 5.92 Å². The van der Waals surface area contributed by atoms with E-state index >= 15 is 0 Å². The summed E-state index contributed by atoms with van der Waals surface area (Å²) in [6.45, 7) is 14.4. The predicted molar refractivity (Wildman–Crippen MR) is 82.5 cm³/mol. The first kappa shape index (κ1) is 19.4. The van der Waals surface area contributed by atoms with Gasteiger partial charge in [0.05, 0.1) is 0 Å². The average Bonchev–Trinajstić information content (AvgIpc) is 2.21. The summed E-state index contributed by atoms with van der Waals surface area (Å²) in [5.74, 6) is 0.158. The molecule has 0 rings (SSSR count). The van der Waals surface area contributed by atoms with Crippen molar-refractivity contribution in [1.82, 2.24) is 5.32 Å². The SMILES string of the molecule is CC[C@@H](C)/C(=N\C(=O)OC(C)(C)C)NC(=O)OC(C)(C)C. The van der Waals surface area contributed by atoms with E-state index in [1.807, 2.05) is 13.8 Å². The van der Waals surface area contributed by atoms with Crippen LogP contribution in [0.1, 0.15) is 61.8 Å². The quantitative estimate of drug-likeness (QED) is 0.620. The van der Waals surface area contributed by atoms with Crippen LogP contribution in [0.3, 0.4) is 0 Å². The second-order valence-electron chi connectivity index (χ2n) is 6.91. The Morgan fingerprint density at radius 2 is 1.52 bits per heavy atom. The van der Waals surface area contributed by atoms with Crippen molar-refractivity contribution in [2.24, 2.45) is 10.9 Å². The number of carbonyl (C=O) groups is 2. The molecule has 6 heteroatoms. The Morgan fingerprint density at radius 3 is 1.90 bits per heavy atom. The fourth-order valence-electron chi connectivity index (χ4n) is 1.25. The molecule has 0 heterocycles. The monoisotopic (exact) mass is 300 g/mol. The summed E-state index contributed by atoms with van der Waals surface area (Å²) in [7, 11) is 0. The van der Waals surface area contributed by atoms with Crippen LogP contribution in [0, 0.1) is 5.92 Å². The summed E-state index contributed by atoms with van der Waals surface area (Å²) in [5, 5.41) is 2.53. The maximum Gasteiger partial charge on any atom is 0.435 e. The van der Waals surface area contributed by atoms with Crippen molar-refractivity contribution >= 4 is 18.0 Å². The Bertz CT molecular complexity index is 403. The smallest absolute Gasteiger partial charge is 0.435 e. The minimum atomic E-state index is -0.728. The Balaban J connectivity index is 4.97. The molecule has 0 aromatic carbocycles. The van der Waals surface area contributed by atoms with Crippen LogP contribution < -0.4 is 5.32 Å². The average molecular weight is 300 g/mol. The topological polar surface area (TPSA) is 77.0 Å². The van der Waals surface area contributed by atoms with E-state index in [1.54, 1.807) is 41.5 Å². The van der Waals surface area contributed by atoms with Gasteiger partial charge in [0.15, 0.2) is 0 Å². The minimum absolute atomic E-state index is 0.0926. The minimum Gasteiger partial charge on any atom is -0.444 e. The largest absolute Gasteiger partial charge is 0.444 e. The third-order valence-electron chi connectivity index (χ3n) is 2.31. The lowest BCUT2D eigenvalue weighted by molar-refractivity contribution is 0.0559. The number of carbonyl (C=O) groups excluding carboxylic acids is 2. The zero-order valence-corrected chi connectivity index (χ0v) is 14.4. The maximum absolute atomic E-state index is 11.8. The molecule has 0 spiro atoms. The Kier molecular flexibility index (Phi) is 6.86. The molecule has 0 aliphatic rings. The molecule has 0 fully saturated rings. The fourth-order valence-corrected chi connectivity index (χ4v) is 1.25. The van der Waals surface area contributed by atoms with Crippen molar-refractivity contribution in [3.05, 3.63) is 0 Å². The number of alkyl carbamates (subject to hydrolysis) is 1. The predicted octanol–water partition coefficient (Wildman–Crippen LogP) is 3.89. The van der Waals surface area contributed by atoms with Crippen molar-refractivity contribution in [3.8, 4) is 0 Å². The number of nitrogens with zero attached hydrogens (tertiary/aromatic N) is 1. The molecule has 21 heavy (non-hydrogen) atoms. The second kappa shape index (κ2) is 7.43. The van der Waals surface area contributed by atoms with E-state index in [0.29, 0.717) is 0 Å². The third kappa shape index (κ3) is 9.87. The molecule has 0 aliphatic carbocycles. The molecule has 0 unspecified atom stereocenters. The number of rotatable bonds is 2. The van der Waals surface area contributed by atoms with E-state index in [2.05, 4.69) is 10.3 Å². The molecular weight excluding hydrogens is 272 g/mol. The molecule has 2 amide bonds. The van der Waals surface area contributed by atoms with Crippen molar-refractivity contribution < 1.29 is 19.1 Å². The number of amidine groups is 1. The van der Waals surface area contributed by atoms with Crippen molar-refractivity contribution in [2.45, 2.75) is 73.0 Å². The van der Waals surface area contributed by atoms with E-state index in [9.17, 15) is 9.59 Å². The number of aliphatic imine (C=N–C) groups is 1. The number of ether oxygens (including phenoxy) is 2. The highest BCUT2D eigenvalue weighted by Crippen LogP contribution is 2.11. The molecule has 1 atom stereocenters. The van der Waals surface area contributed by atoms with Gasteiger partial charge in [0.25, 0.3) is 0 Å². The Labute approximate surface area is 127 Å². The van der Waals surface area contributed by atoms with Gasteiger partial charge in [-0.15, -0.1) is 0 Å². The lowest BCUT2D eigenvalue weighted by atomic mass is 10.1. The van der Waals surface area contributed by atoms with Gasteiger partial charge in [-0.1, -0.05) is 13.8 Å². The highest BCUT2D eigenvalue weighted by atomic mass is 16.6. The van der Waals surface area contributed by atoms with E-state index in [1.165, 1.54) is 0 Å². The molecule has 122 valence electrons. The van der Waals surface area contributed by atoms with Crippen LogP contribution in [0.25, 0.3) is 0 Å². The van der Waals surface area contributed by atoms with E-state index in [0.717, 1.165) is 6.42 Å². The Hall–Kier alpha value is -1.59. The normalized spacial score (nSPS) is 14.4. The van der Waals surface area contributed by atoms with Crippen molar-refractivity contribution in [2.75, 3.05) is 0 Å². The Morgan fingerprint density at radius 1 is 1.05 bits per heavy atom. The van der Waals surface area contributed by atoms with Crippen LogP contribution in [0.5, 0.6) is 0 Å². The summed E-state index contributed by atoms with van der Waals surface area (Å²) in [6.07, 6.45) is -0.642. The molecule has 0 aliphatic heterocycles. The van der Waals surface area contributed by atoms with E-state index < -0.39 is 23.4 Å².